The van der Waals surface area contributed by atoms with Crippen LogP contribution >= 0.6 is 0 Å². The van der Waals surface area contributed by atoms with Crippen molar-refractivity contribution in [3.05, 3.63) is 35.9 Å². The largest absolute Gasteiger partial charge is 0.330 e. The zero-order valence-electron chi connectivity index (χ0n) is 11.5. The molecule has 1 aromatic rings. The average molecular weight is 246 g/mol. The third-order valence-corrected chi connectivity index (χ3v) is 4.14. The number of nitrogens with two attached hydrogens (primary N) is 1. The van der Waals surface area contributed by atoms with Crippen molar-refractivity contribution < 1.29 is 0 Å². The van der Waals surface area contributed by atoms with Gasteiger partial charge in [0.2, 0.25) is 0 Å². The van der Waals surface area contributed by atoms with E-state index in [1.54, 1.807) is 0 Å². The Morgan fingerprint density at radius 2 is 2.00 bits per heavy atom. The van der Waals surface area contributed by atoms with Crippen LogP contribution in [0.4, 0.5) is 0 Å². The van der Waals surface area contributed by atoms with E-state index in [9.17, 15) is 0 Å². The third kappa shape index (κ3) is 3.82. The molecule has 0 radical (unpaired) electrons. The third-order valence-electron chi connectivity index (χ3n) is 4.14. The van der Waals surface area contributed by atoms with E-state index in [-0.39, 0.29) is 0 Å². The second-order valence-corrected chi connectivity index (χ2v) is 5.68. The van der Waals surface area contributed by atoms with Crippen LogP contribution in [0.1, 0.15) is 37.7 Å². The fourth-order valence-corrected chi connectivity index (χ4v) is 2.86. The molecule has 1 saturated heterocycles. The Morgan fingerprint density at radius 1 is 1.22 bits per heavy atom. The summed E-state index contributed by atoms with van der Waals surface area (Å²) >= 11 is 0. The zero-order chi connectivity index (χ0) is 12.8. The van der Waals surface area contributed by atoms with Crippen LogP contribution in [0, 0.1) is 5.92 Å². The molecule has 0 bridgehead atoms. The van der Waals surface area contributed by atoms with Crippen molar-refractivity contribution in [3.8, 4) is 0 Å². The second-order valence-electron chi connectivity index (χ2n) is 5.68. The Labute approximate surface area is 111 Å². The maximum Gasteiger partial charge on any atom is 0.00888 e. The molecule has 2 atom stereocenters. The summed E-state index contributed by atoms with van der Waals surface area (Å²) in [6.07, 6.45) is 4.06. The summed E-state index contributed by atoms with van der Waals surface area (Å²) in [5.74, 6) is 1.38. The second kappa shape index (κ2) is 6.91. The molecule has 0 amide bonds. The van der Waals surface area contributed by atoms with Crippen molar-refractivity contribution in [1.29, 1.82) is 0 Å². The molecule has 2 unspecified atom stereocenters. The standard InChI is InChI=1S/C16H26N2/c1-14-6-5-10-18(11-9-14)13-16(12-17)15-7-3-2-4-8-15/h2-4,7-8,14,16H,5-6,9-13,17H2,1H3. The fourth-order valence-electron chi connectivity index (χ4n) is 2.86. The normalized spacial score (nSPS) is 23.6. The van der Waals surface area contributed by atoms with Gasteiger partial charge in [0, 0.05) is 19.0 Å². The van der Waals surface area contributed by atoms with Crippen LogP contribution in [0.5, 0.6) is 0 Å². The highest BCUT2D eigenvalue weighted by atomic mass is 15.1. The lowest BCUT2D eigenvalue weighted by atomic mass is 9.98. The molecule has 18 heavy (non-hydrogen) atoms. The Bertz CT molecular complexity index is 336. The molecule has 2 N–H and O–H groups in total. The minimum absolute atomic E-state index is 0.486. The van der Waals surface area contributed by atoms with E-state index in [0.717, 1.165) is 19.0 Å². The molecule has 2 heteroatoms. The summed E-state index contributed by atoms with van der Waals surface area (Å²) in [7, 11) is 0. The quantitative estimate of drug-likeness (QED) is 0.885. The van der Waals surface area contributed by atoms with Gasteiger partial charge in [-0.2, -0.15) is 0 Å². The molecule has 1 heterocycles. The van der Waals surface area contributed by atoms with Gasteiger partial charge in [0.25, 0.3) is 0 Å². The Balaban J connectivity index is 1.94. The first-order chi connectivity index (χ1) is 8.79. The lowest BCUT2D eigenvalue weighted by Crippen LogP contribution is -2.32. The van der Waals surface area contributed by atoms with Gasteiger partial charge in [-0.3, -0.25) is 0 Å². The molecule has 0 aromatic heterocycles. The molecular formula is C16H26N2. The number of rotatable bonds is 4. The average Bonchev–Trinajstić information content (AvgIpc) is 2.62. The molecular weight excluding hydrogens is 220 g/mol. The number of likely N-dealkylation sites (tertiary alicyclic amines) is 1. The molecule has 1 aliphatic rings. The van der Waals surface area contributed by atoms with Crippen LogP contribution in [-0.4, -0.2) is 31.1 Å². The Kier molecular flexibility index (Phi) is 5.21. The van der Waals surface area contributed by atoms with Crippen LogP contribution in [0.25, 0.3) is 0 Å². The summed E-state index contributed by atoms with van der Waals surface area (Å²) in [5, 5.41) is 0. The van der Waals surface area contributed by atoms with Crippen LogP contribution in [0.3, 0.4) is 0 Å². The monoisotopic (exact) mass is 246 g/mol. The van der Waals surface area contributed by atoms with Crippen LogP contribution in [0.15, 0.2) is 30.3 Å². The van der Waals surface area contributed by atoms with Crippen LogP contribution in [-0.2, 0) is 0 Å². The smallest absolute Gasteiger partial charge is 0.00888 e. The van der Waals surface area contributed by atoms with Gasteiger partial charge >= 0.3 is 0 Å². The van der Waals surface area contributed by atoms with Gasteiger partial charge in [0.1, 0.15) is 0 Å². The van der Waals surface area contributed by atoms with Gasteiger partial charge in [-0.05, 0) is 43.8 Å². The molecule has 1 aliphatic heterocycles. The van der Waals surface area contributed by atoms with E-state index in [4.69, 9.17) is 5.73 Å². The fraction of sp³-hybridized carbons (Fsp3) is 0.625. The number of benzene rings is 1. The lowest BCUT2D eigenvalue weighted by molar-refractivity contribution is 0.265. The van der Waals surface area contributed by atoms with Gasteiger partial charge in [-0.1, -0.05) is 37.3 Å². The Morgan fingerprint density at radius 3 is 2.72 bits per heavy atom. The van der Waals surface area contributed by atoms with Gasteiger partial charge in [-0.15, -0.1) is 0 Å². The van der Waals surface area contributed by atoms with Crippen LogP contribution < -0.4 is 5.73 Å². The first kappa shape index (κ1) is 13.6. The highest BCUT2D eigenvalue weighted by Crippen LogP contribution is 2.20. The van der Waals surface area contributed by atoms with Crippen molar-refractivity contribution in [2.75, 3.05) is 26.2 Å². The zero-order valence-corrected chi connectivity index (χ0v) is 11.5. The molecule has 2 nitrogen and oxygen atoms in total. The van der Waals surface area contributed by atoms with E-state index in [0.29, 0.717) is 5.92 Å². The molecule has 1 aromatic carbocycles. The summed E-state index contributed by atoms with van der Waals surface area (Å²) in [6, 6.07) is 10.7. The molecule has 2 rings (SSSR count). The minimum Gasteiger partial charge on any atom is -0.330 e. The number of nitrogens with zero attached hydrogens (tertiary/aromatic N) is 1. The van der Waals surface area contributed by atoms with E-state index in [1.807, 2.05) is 0 Å². The van der Waals surface area contributed by atoms with Crippen molar-refractivity contribution >= 4 is 0 Å². The summed E-state index contributed by atoms with van der Waals surface area (Å²) in [6.45, 7) is 6.72. The van der Waals surface area contributed by atoms with Crippen molar-refractivity contribution in [2.45, 2.75) is 32.1 Å². The molecule has 0 saturated carbocycles. The lowest BCUT2D eigenvalue weighted by Gasteiger charge is -2.25. The first-order valence-electron chi connectivity index (χ1n) is 7.27. The van der Waals surface area contributed by atoms with Crippen molar-refractivity contribution in [1.82, 2.24) is 4.90 Å². The molecule has 0 aliphatic carbocycles. The molecule has 0 spiro atoms. The number of hydrogen-bond acceptors (Lipinski definition) is 2. The van der Waals surface area contributed by atoms with Gasteiger partial charge in [0.15, 0.2) is 0 Å². The van der Waals surface area contributed by atoms with Gasteiger partial charge in [0.05, 0.1) is 0 Å². The predicted molar refractivity (Wildman–Crippen MR) is 77.7 cm³/mol. The topological polar surface area (TPSA) is 29.3 Å². The Hall–Kier alpha value is -0.860. The summed E-state index contributed by atoms with van der Waals surface area (Å²) in [5.41, 5.74) is 7.35. The van der Waals surface area contributed by atoms with E-state index < -0.39 is 0 Å². The highest BCUT2D eigenvalue weighted by molar-refractivity contribution is 5.20. The predicted octanol–water partition coefficient (Wildman–Crippen LogP) is 2.85. The summed E-state index contributed by atoms with van der Waals surface area (Å²) in [4.78, 5) is 2.61. The molecule has 100 valence electrons. The highest BCUT2D eigenvalue weighted by Gasteiger charge is 2.18. The maximum atomic E-state index is 5.96. The van der Waals surface area contributed by atoms with Gasteiger partial charge in [-0.25, -0.2) is 0 Å². The van der Waals surface area contributed by atoms with Crippen molar-refractivity contribution in [3.63, 3.8) is 0 Å². The SMILES string of the molecule is CC1CCCN(CC(CN)c2ccccc2)CC1. The van der Waals surface area contributed by atoms with E-state index >= 15 is 0 Å². The maximum absolute atomic E-state index is 5.96. The molecule has 1 fully saturated rings. The first-order valence-corrected chi connectivity index (χ1v) is 7.27. The summed E-state index contributed by atoms with van der Waals surface area (Å²) < 4.78 is 0. The van der Waals surface area contributed by atoms with E-state index in [1.165, 1.54) is 37.9 Å². The van der Waals surface area contributed by atoms with E-state index in [2.05, 4.69) is 42.2 Å². The number of hydrogen-bond donors (Lipinski definition) is 1. The van der Waals surface area contributed by atoms with Gasteiger partial charge < -0.3 is 10.6 Å². The van der Waals surface area contributed by atoms with Crippen molar-refractivity contribution in [2.24, 2.45) is 11.7 Å². The minimum atomic E-state index is 0.486. The van der Waals surface area contributed by atoms with Crippen LogP contribution in [0.2, 0.25) is 0 Å².